The van der Waals surface area contributed by atoms with Crippen LogP contribution < -0.4 is 4.90 Å². The van der Waals surface area contributed by atoms with Crippen molar-refractivity contribution in [2.24, 2.45) is 5.92 Å². The van der Waals surface area contributed by atoms with Crippen LogP contribution in [0, 0.1) is 5.92 Å². The van der Waals surface area contributed by atoms with E-state index in [1.54, 1.807) is 35.3 Å². The van der Waals surface area contributed by atoms with E-state index < -0.39 is 0 Å². The first kappa shape index (κ1) is 13.7. The Morgan fingerprint density at radius 3 is 2.84 bits per heavy atom. The highest BCUT2D eigenvalue weighted by Crippen LogP contribution is 2.16. The van der Waals surface area contributed by atoms with Gasteiger partial charge in [-0.3, -0.25) is 4.79 Å². The summed E-state index contributed by atoms with van der Waals surface area (Å²) in [7, 11) is 1.80. The fourth-order valence-electron chi connectivity index (χ4n) is 2.22. The molecule has 6 heteroatoms. The number of carbonyl (C=O) groups is 1. The number of hydrogen-bond donors (Lipinski definition) is 1. The molecule has 0 spiro atoms. The van der Waals surface area contributed by atoms with Crippen LogP contribution in [-0.2, 0) is 4.79 Å². The SMILES string of the molecule is CC1CN(C(=O)CN(C)c2ncccn2)CCC1O. The van der Waals surface area contributed by atoms with E-state index in [-0.39, 0.29) is 24.5 Å². The molecule has 2 atom stereocenters. The molecule has 1 N–H and O–H groups in total. The molecule has 1 aliphatic rings. The average Bonchev–Trinajstić information content (AvgIpc) is 2.42. The zero-order valence-electron chi connectivity index (χ0n) is 11.4. The number of rotatable bonds is 3. The summed E-state index contributed by atoms with van der Waals surface area (Å²) >= 11 is 0. The van der Waals surface area contributed by atoms with Crippen LogP contribution in [0.3, 0.4) is 0 Å². The van der Waals surface area contributed by atoms with E-state index in [1.807, 2.05) is 6.92 Å². The van der Waals surface area contributed by atoms with Crippen LogP contribution in [0.5, 0.6) is 0 Å². The van der Waals surface area contributed by atoms with Gasteiger partial charge in [0.1, 0.15) is 0 Å². The number of aliphatic hydroxyl groups excluding tert-OH is 1. The first-order chi connectivity index (χ1) is 9.08. The third-order valence-electron chi connectivity index (χ3n) is 3.48. The maximum atomic E-state index is 12.2. The summed E-state index contributed by atoms with van der Waals surface area (Å²) < 4.78 is 0. The molecule has 19 heavy (non-hydrogen) atoms. The monoisotopic (exact) mass is 264 g/mol. The lowest BCUT2D eigenvalue weighted by molar-refractivity contribution is -0.133. The molecule has 0 bridgehead atoms. The number of nitrogens with zero attached hydrogens (tertiary/aromatic N) is 4. The summed E-state index contributed by atoms with van der Waals surface area (Å²) in [5, 5.41) is 9.67. The van der Waals surface area contributed by atoms with Gasteiger partial charge in [0.25, 0.3) is 0 Å². The van der Waals surface area contributed by atoms with Gasteiger partial charge in [-0.2, -0.15) is 0 Å². The number of aromatic nitrogens is 2. The van der Waals surface area contributed by atoms with Gasteiger partial charge >= 0.3 is 0 Å². The quantitative estimate of drug-likeness (QED) is 0.841. The van der Waals surface area contributed by atoms with E-state index >= 15 is 0 Å². The summed E-state index contributed by atoms with van der Waals surface area (Å²) in [4.78, 5) is 23.9. The predicted octanol–water partition coefficient (Wildman–Crippen LogP) is 0.142. The number of anilines is 1. The Bertz CT molecular complexity index is 426. The zero-order valence-corrected chi connectivity index (χ0v) is 11.4. The molecule has 0 aliphatic carbocycles. The second-order valence-electron chi connectivity index (χ2n) is 5.08. The molecule has 2 unspecified atom stereocenters. The third-order valence-corrected chi connectivity index (χ3v) is 3.48. The van der Waals surface area contributed by atoms with Gasteiger partial charge in [0.2, 0.25) is 11.9 Å². The molecule has 1 aliphatic heterocycles. The maximum absolute atomic E-state index is 12.2. The minimum absolute atomic E-state index is 0.0497. The van der Waals surface area contributed by atoms with Crippen LogP contribution in [0.4, 0.5) is 5.95 Å². The second kappa shape index (κ2) is 5.97. The lowest BCUT2D eigenvalue weighted by Gasteiger charge is -2.35. The fraction of sp³-hybridized carbons (Fsp3) is 0.615. The van der Waals surface area contributed by atoms with Crippen molar-refractivity contribution in [1.29, 1.82) is 0 Å². The Kier molecular flexibility index (Phi) is 4.31. The van der Waals surface area contributed by atoms with Gasteiger partial charge in [0, 0.05) is 32.5 Å². The number of amides is 1. The van der Waals surface area contributed by atoms with Gasteiger partial charge in [0.15, 0.2) is 0 Å². The number of piperidine rings is 1. The second-order valence-corrected chi connectivity index (χ2v) is 5.08. The van der Waals surface area contributed by atoms with E-state index in [1.165, 1.54) is 0 Å². The van der Waals surface area contributed by atoms with Crippen molar-refractivity contribution in [3.63, 3.8) is 0 Å². The van der Waals surface area contributed by atoms with Crippen molar-refractivity contribution in [1.82, 2.24) is 14.9 Å². The number of aliphatic hydroxyl groups is 1. The molecular formula is C13H20N4O2. The van der Waals surface area contributed by atoms with Gasteiger partial charge in [-0.1, -0.05) is 6.92 Å². The van der Waals surface area contributed by atoms with Crippen molar-refractivity contribution in [3.05, 3.63) is 18.5 Å². The number of likely N-dealkylation sites (tertiary alicyclic amines) is 1. The van der Waals surface area contributed by atoms with Crippen molar-refractivity contribution >= 4 is 11.9 Å². The largest absolute Gasteiger partial charge is 0.393 e. The molecule has 1 aromatic rings. The molecule has 0 aromatic carbocycles. The molecule has 0 saturated carbocycles. The van der Waals surface area contributed by atoms with Gasteiger partial charge in [-0.25, -0.2) is 9.97 Å². The Morgan fingerprint density at radius 2 is 2.21 bits per heavy atom. The van der Waals surface area contributed by atoms with Crippen LogP contribution in [0.25, 0.3) is 0 Å². The molecule has 1 amide bonds. The summed E-state index contributed by atoms with van der Waals surface area (Å²) in [6.07, 6.45) is 3.67. The maximum Gasteiger partial charge on any atom is 0.242 e. The van der Waals surface area contributed by atoms with Gasteiger partial charge in [0.05, 0.1) is 12.6 Å². The average molecular weight is 264 g/mol. The number of carbonyl (C=O) groups excluding carboxylic acids is 1. The first-order valence-electron chi connectivity index (χ1n) is 6.52. The molecule has 2 heterocycles. The zero-order chi connectivity index (χ0) is 13.8. The molecule has 6 nitrogen and oxygen atoms in total. The summed E-state index contributed by atoms with van der Waals surface area (Å²) in [5.41, 5.74) is 0. The highest BCUT2D eigenvalue weighted by Gasteiger charge is 2.27. The molecule has 1 fully saturated rings. The highest BCUT2D eigenvalue weighted by atomic mass is 16.3. The molecule has 0 radical (unpaired) electrons. The van der Waals surface area contributed by atoms with Crippen molar-refractivity contribution < 1.29 is 9.90 Å². The van der Waals surface area contributed by atoms with E-state index in [0.29, 0.717) is 25.5 Å². The summed E-state index contributed by atoms with van der Waals surface area (Å²) in [6.45, 7) is 3.46. The van der Waals surface area contributed by atoms with Crippen molar-refractivity contribution in [2.75, 3.05) is 31.6 Å². The minimum Gasteiger partial charge on any atom is -0.393 e. The summed E-state index contributed by atoms with van der Waals surface area (Å²) in [5.74, 6) is 0.727. The molecule has 104 valence electrons. The summed E-state index contributed by atoms with van der Waals surface area (Å²) in [6, 6.07) is 1.74. The van der Waals surface area contributed by atoms with Crippen molar-refractivity contribution in [2.45, 2.75) is 19.4 Å². The third kappa shape index (κ3) is 3.41. The highest BCUT2D eigenvalue weighted by molar-refractivity contribution is 5.80. The van der Waals surface area contributed by atoms with Crippen LogP contribution in [0.2, 0.25) is 0 Å². The lowest BCUT2D eigenvalue weighted by Crippen LogP contribution is -2.48. The van der Waals surface area contributed by atoms with Crippen LogP contribution >= 0.6 is 0 Å². The van der Waals surface area contributed by atoms with E-state index in [4.69, 9.17) is 0 Å². The first-order valence-corrected chi connectivity index (χ1v) is 6.52. The van der Waals surface area contributed by atoms with Gasteiger partial charge < -0.3 is 14.9 Å². The molecule has 1 aromatic heterocycles. The van der Waals surface area contributed by atoms with E-state index in [9.17, 15) is 9.90 Å². The standard InChI is InChI=1S/C13H20N4O2/c1-10-8-17(7-4-11(10)18)12(19)9-16(2)13-14-5-3-6-15-13/h3,5-6,10-11,18H,4,7-9H2,1-2H3. The number of likely N-dealkylation sites (N-methyl/N-ethyl adjacent to an activating group) is 1. The van der Waals surface area contributed by atoms with Gasteiger partial charge in [-0.05, 0) is 18.4 Å². The molecular weight excluding hydrogens is 244 g/mol. The van der Waals surface area contributed by atoms with E-state index in [2.05, 4.69) is 9.97 Å². The fourth-order valence-corrected chi connectivity index (χ4v) is 2.22. The minimum atomic E-state index is -0.292. The van der Waals surface area contributed by atoms with Crippen LogP contribution in [0.1, 0.15) is 13.3 Å². The lowest BCUT2D eigenvalue weighted by atomic mass is 9.97. The van der Waals surface area contributed by atoms with Crippen LogP contribution in [-0.4, -0.2) is 58.7 Å². The van der Waals surface area contributed by atoms with Crippen molar-refractivity contribution in [3.8, 4) is 0 Å². The Hall–Kier alpha value is -1.69. The Morgan fingerprint density at radius 1 is 1.53 bits per heavy atom. The Balaban J connectivity index is 1.91. The topological polar surface area (TPSA) is 69.6 Å². The molecule has 2 rings (SSSR count). The number of hydrogen-bond acceptors (Lipinski definition) is 5. The van der Waals surface area contributed by atoms with E-state index in [0.717, 1.165) is 0 Å². The Labute approximate surface area is 113 Å². The van der Waals surface area contributed by atoms with Crippen LogP contribution in [0.15, 0.2) is 18.5 Å². The smallest absolute Gasteiger partial charge is 0.242 e. The molecule has 1 saturated heterocycles. The predicted molar refractivity (Wildman–Crippen MR) is 71.7 cm³/mol. The normalized spacial score (nSPS) is 23.2. The van der Waals surface area contributed by atoms with Gasteiger partial charge in [-0.15, -0.1) is 0 Å².